The summed E-state index contributed by atoms with van der Waals surface area (Å²) >= 11 is 0. The Kier molecular flexibility index (Phi) is 1.83. The van der Waals surface area contributed by atoms with Crippen LogP contribution >= 0.6 is 0 Å². The number of fused-ring (bicyclic) bond motifs is 3. The van der Waals surface area contributed by atoms with E-state index in [9.17, 15) is 4.79 Å². The molecule has 0 bridgehead atoms. The fourth-order valence-electron chi connectivity index (χ4n) is 2.02. The molecule has 1 aromatic carbocycles. The third-order valence-corrected chi connectivity index (χ3v) is 2.78. The Hall–Kier alpha value is -2.10. The van der Waals surface area contributed by atoms with Crippen molar-refractivity contribution in [2.24, 2.45) is 4.99 Å². The van der Waals surface area contributed by atoms with Crippen LogP contribution in [-0.4, -0.2) is 24.6 Å². The summed E-state index contributed by atoms with van der Waals surface area (Å²) in [5.41, 5.74) is 1.42. The Bertz CT molecular complexity index is 698. The van der Waals surface area contributed by atoms with E-state index in [0.29, 0.717) is 12.2 Å². The van der Waals surface area contributed by atoms with Gasteiger partial charge in [0.1, 0.15) is 5.69 Å². The molecule has 0 atom stereocenters. The number of nitrogens with zero attached hydrogens (tertiary/aromatic N) is 1. The average Bonchev–Trinajstić information content (AvgIpc) is 2.92. The van der Waals surface area contributed by atoms with Crippen LogP contribution in [0.1, 0.15) is 10.5 Å². The number of aromatic amines is 1. The standard InChI is InChI=1S/C12H10N2O2/c1-16-12(15)11-6-8-7-4-5-13-9(7)2-3-10(8)14-11/h2-4,6,14H,5H2,1H3. The number of esters is 1. The number of H-pyrrole nitrogens is 1. The van der Waals surface area contributed by atoms with Crippen molar-refractivity contribution in [1.82, 2.24) is 4.98 Å². The Labute approximate surface area is 91.3 Å². The van der Waals surface area contributed by atoms with E-state index in [1.165, 1.54) is 7.11 Å². The predicted molar refractivity (Wildman–Crippen MR) is 59.8 cm³/mol. The van der Waals surface area contributed by atoms with Crippen LogP contribution in [0.15, 0.2) is 23.2 Å². The molecule has 2 aromatic rings. The zero-order chi connectivity index (χ0) is 11.1. The quantitative estimate of drug-likeness (QED) is 0.697. The Balaban J connectivity index is 2.35. The zero-order valence-corrected chi connectivity index (χ0v) is 8.78. The lowest BCUT2D eigenvalue weighted by molar-refractivity contribution is 0.0595. The van der Waals surface area contributed by atoms with Crippen LogP contribution in [-0.2, 0) is 4.74 Å². The molecule has 1 aliphatic rings. The molecule has 4 heteroatoms. The van der Waals surface area contributed by atoms with Crippen LogP contribution in [0.3, 0.4) is 0 Å². The van der Waals surface area contributed by atoms with Gasteiger partial charge in [-0.1, -0.05) is 6.08 Å². The molecule has 0 radical (unpaired) electrons. The van der Waals surface area contributed by atoms with Gasteiger partial charge in [-0.05, 0) is 18.2 Å². The van der Waals surface area contributed by atoms with Gasteiger partial charge >= 0.3 is 5.97 Å². The van der Waals surface area contributed by atoms with Gasteiger partial charge in [-0.2, -0.15) is 0 Å². The average molecular weight is 214 g/mol. The first-order valence-electron chi connectivity index (χ1n) is 5.04. The van der Waals surface area contributed by atoms with Crippen LogP contribution in [0, 0.1) is 0 Å². The lowest BCUT2D eigenvalue weighted by Crippen LogP contribution is -2.21. The highest BCUT2D eigenvalue weighted by Crippen LogP contribution is 2.11. The van der Waals surface area contributed by atoms with Gasteiger partial charge in [0.05, 0.1) is 19.0 Å². The molecule has 0 saturated heterocycles. The van der Waals surface area contributed by atoms with Crippen molar-refractivity contribution in [3.05, 3.63) is 34.5 Å². The second-order valence-electron chi connectivity index (χ2n) is 3.68. The predicted octanol–water partition coefficient (Wildman–Crippen LogP) is 0.368. The van der Waals surface area contributed by atoms with Gasteiger partial charge < -0.3 is 9.72 Å². The molecule has 0 amide bonds. The van der Waals surface area contributed by atoms with Crippen LogP contribution in [0.25, 0.3) is 17.0 Å². The summed E-state index contributed by atoms with van der Waals surface area (Å²) in [6, 6.07) is 5.71. The SMILES string of the molecule is COC(=O)c1cc2c3c(ccc2[nH]1)=NCC=3. The highest BCUT2D eigenvalue weighted by Gasteiger charge is 2.11. The molecule has 1 aliphatic heterocycles. The number of hydrogen-bond donors (Lipinski definition) is 1. The van der Waals surface area contributed by atoms with Gasteiger partial charge in [-0.25, -0.2) is 4.79 Å². The summed E-state index contributed by atoms with van der Waals surface area (Å²) < 4.78 is 4.68. The number of rotatable bonds is 1. The maximum absolute atomic E-state index is 11.4. The summed E-state index contributed by atoms with van der Waals surface area (Å²) in [5, 5.41) is 3.12. The van der Waals surface area contributed by atoms with E-state index in [0.717, 1.165) is 21.5 Å². The Morgan fingerprint density at radius 2 is 2.38 bits per heavy atom. The van der Waals surface area contributed by atoms with Crippen LogP contribution in [0.4, 0.5) is 0 Å². The fourth-order valence-corrected chi connectivity index (χ4v) is 2.02. The Morgan fingerprint density at radius 1 is 1.50 bits per heavy atom. The number of ether oxygens (including phenoxy) is 1. The van der Waals surface area contributed by atoms with Crippen molar-refractivity contribution < 1.29 is 9.53 Å². The zero-order valence-electron chi connectivity index (χ0n) is 8.78. The van der Waals surface area contributed by atoms with Crippen LogP contribution in [0.2, 0.25) is 0 Å². The molecule has 0 unspecified atom stereocenters. The number of methoxy groups -OCH3 is 1. The fraction of sp³-hybridized carbons (Fsp3) is 0.167. The number of aromatic nitrogens is 1. The highest BCUT2D eigenvalue weighted by atomic mass is 16.5. The molecule has 0 aliphatic carbocycles. The second kappa shape index (κ2) is 3.20. The van der Waals surface area contributed by atoms with Crippen molar-refractivity contribution in [2.75, 3.05) is 13.7 Å². The first kappa shape index (κ1) is 9.15. The number of nitrogens with one attached hydrogen (secondary N) is 1. The van der Waals surface area contributed by atoms with E-state index < -0.39 is 0 Å². The monoisotopic (exact) mass is 214 g/mol. The van der Waals surface area contributed by atoms with Crippen LogP contribution < -0.4 is 10.6 Å². The topological polar surface area (TPSA) is 54.5 Å². The highest BCUT2D eigenvalue weighted by molar-refractivity contribution is 5.95. The maximum atomic E-state index is 11.4. The van der Waals surface area contributed by atoms with Gasteiger partial charge in [0.2, 0.25) is 0 Å². The molecule has 1 N–H and O–H groups in total. The number of carbonyl (C=O) groups excluding carboxylic acids is 1. The van der Waals surface area contributed by atoms with Crippen LogP contribution in [0.5, 0.6) is 0 Å². The molecule has 0 spiro atoms. The molecular formula is C12H10N2O2. The molecular weight excluding hydrogens is 204 g/mol. The first-order chi connectivity index (χ1) is 7.79. The van der Waals surface area contributed by atoms with Gasteiger partial charge in [-0.3, -0.25) is 4.99 Å². The van der Waals surface area contributed by atoms with Gasteiger partial charge in [0, 0.05) is 16.1 Å². The van der Waals surface area contributed by atoms with E-state index in [1.54, 1.807) is 0 Å². The first-order valence-corrected chi connectivity index (χ1v) is 5.04. The van der Waals surface area contributed by atoms with Crippen molar-refractivity contribution in [2.45, 2.75) is 0 Å². The van der Waals surface area contributed by atoms with Crippen molar-refractivity contribution >= 4 is 22.9 Å². The lowest BCUT2D eigenvalue weighted by atomic mass is 10.2. The largest absolute Gasteiger partial charge is 0.464 e. The smallest absolute Gasteiger partial charge is 0.354 e. The van der Waals surface area contributed by atoms with Gasteiger partial charge in [0.15, 0.2) is 0 Å². The van der Waals surface area contributed by atoms with Gasteiger partial charge in [-0.15, -0.1) is 0 Å². The summed E-state index contributed by atoms with van der Waals surface area (Å²) in [6.07, 6.45) is 2.06. The van der Waals surface area contributed by atoms with E-state index in [-0.39, 0.29) is 5.97 Å². The molecule has 16 heavy (non-hydrogen) atoms. The minimum Gasteiger partial charge on any atom is -0.464 e. The van der Waals surface area contributed by atoms with E-state index >= 15 is 0 Å². The Morgan fingerprint density at radius 3 is 3.19 bits per heavy atom. The lowest BCUT2D eigenvalue weighted by Gasteiger charge is -1.91. The van der Waals surface area contributed by atoms with E-state index in [4.69, 9.17) is 0 Å². The van der Waals surface area contributed by atoms with Crippen molar-refractivity contribution in [1.29, 1.82) is 0 Å². The molecule has 1 aromatic heterocycles. The normalized spacial score (nSPS) is 13.1. The third kappa shape index (κ3) is 1.16. The van der Waals surface area contributed by atoms with Crippen molar-refractivity contribution in [3.8, 4) is 0 Å². The number of hydrogen-bond acceptors (Lipinski definition) is 3. The third-order valence-electron chi connectivity index (χ3n) is 2.78. The molecule has 80 valence electrons. The number of carbonyl (C=O) groups is 1. The summed E-state index contributed by atoms with van der Waals surface area (Å²) in [6.45, 7) is 0.715. The minimum absolute atomic E-state index is 0.347. The second-order valence-corrected chi connectivity index (χ2v) is 3.68. The molecule has 3 rings (SSSR count). The molecule has 0 fully saturated rings. The van der Waals surface area contributed by atoms with Gasteiger partial charge in [0.25, 0.3) is 0 Å². The summed E-state index contributed by atoms with van der Waals surface area (Å²) in [5.74, 6) is -0.347. The van der Waals surface area contributed by atoms with E-state index in [2.05, 4.69) is 20.8 Å². The minimum atomic E-state index is -0.347. The number of benzene rings is 1. The van der Waals surface area contributed by atoms with E-state index in [1.807, 2.05) is 18.2 Å². The maximum Gasteiger partial charge on any atom is 0.354 e. The summed E-state index contributed by atoms with van der Waals surface area (Å²) in [7, 11) is 1.37. The van der Waals surface area contributed by atoms with Crippen molar-refractivity contribution in [3.63, 3.8) is 0 Å². The molecule has 2 heterocycles. The summed E-state index contributed by atoms with van der Waals surface area (Å²) in [4.78, 5) is 18.8. The molecule has 0 saturated carbocycles. The molecule has 4 nitrogen and oxygen atoms in total.